The van der Waals surface area contributed by atoms with Crippen LogP contribution in [0.3, 0.4) is 0 Å². The van der Waals surface area contributed by atoms with E-state index < -0.39 is 18.4 Å². The van der Waals surface area contributed by atoms with Gasteiger partial charge in [0.2, 0.25) is 0 Å². The Kier molecular flexibility index (Phi) is 10.0. The third-order valence-electron chi connectivity index (χ3n) is 5.85. The van der Waals surface area contributed by atoms with E-state index in [0.717, 1.165) is 44.9 Å². The number of halogens is 2. The molecule has 0 amide bonds. The lowest BCUT2D eigenvalue weighted by atomic mass is 9.88. The highest BCUT2D eigenvalue weighted by atomic mass is 127. The van der Waals surface area contributed by atoms with E-state index in [1.165, 1.54) is 7.11 Å². The molecule has 1 saturated carbocycles. The van der Waals surface area contributed by atoms with Crippen LogP contribution in [0, 0.1) is 11.8 Å². The summed E-state index contributed by atoms with van der Waals surface area (Å²) in [6, 6.07) is 0. The lowest BCUT2D eigenvalue weighted by Crippen LogP contribution is -2.32. The van der Waals surface area contributed by atoms with Crippen LogP contribution in [-0.2, 0) is 14.3 Å². The summed E-state index contributed by atoms with van der Waals surface area (Å²) in [5.74, 6) is -0.177. The van der Waals surface area contributed by atoms with Crippen molar-refractivity contribution in [2.75, 3.05) is 7.11 Å². The molecule has 0 aromatic carbocycles. The van der Waals surface area contributed by atoms with Crippen molar-refractivity contribution >= 4 is 28.6 Å². The first-order chi connectivity index (χ1) is 13.0. The fourth-order valence-corrected chi connectivity index (χ4v) is 5.31. The van der Waals surface area contributed by atoms with Crippen molar-refractivity contribution in [2.45, 2.75) is 93.1 Å². The summed E-state index contributed by atoms with van der Waals surface area (Å²) in [7, 11) is 1.39. The number of unbranched alkanes of at least 4 members (excludes halogenated alkanes) is 2. The van der Waals surface area contributed by atoms with E-state index in [9.17, 15) is 9.90 Å². The molecule has 1 aliphatic carbocycles. The Morgan fingerprint density at radius 2 is 2.11 bits per heavy atom. The number of carbonyl (C=O) groups excluding carboxylic acids is 1. The predicted octanol–water partition coefficient (Wildman–Crippen LogP) is 4.76. The van der Waals surface area contributed by atoms with Gasteiger partial charge in [0, 0.05) is 16.3 Å². The normalized spacial score (nSPS) is 32.6. The molecule has 2 rings (SSSR count). The molecule has 2 aliphatic rings. The number of allylic oxidation sites excluding steroid dienone is 1. The molecule has 0 bridgehead atoms. The van der Waals surface area contributed by atoms with Crippen LogP contribution in [0.15, 0.2) is 12.2 Å². The fraction of sp³-hybridized carbons (Fsp3) is 0.857. The van der Waals surface area contributed by atoms with Crippen LogP contribution in [0.5, 0.6) is 0 Å². The molecule has 1 aliphatic heterocycles. The predicted molar refractivity (Wildman–Crippen MR) is 113 cm³/mol. The van der Waals surface area contributed by atoms with Crippen LogP contribution in [0.4, 0.5) is 4.39 Å². The number of esters is 1. The van der Waals surface area contributed by atoms with Gasteiger partial charge in [-0.3, -0.25) is 4.79 Å². The van der Waals surface area contributed by atoms with Crippen molar-refractivity contribution in [1.29, 1.82) is 0 Å². The topological polar surface area (TPSA) is 55.8 Å². The molecule has 3 unspecified atom stereocenters. The van der Waals surface area contributed by atoms with Gasteiger partial charge in [-0.05, 0) is 38.0 Å². The molecule has 27 heavy (non-hydrogen) atoms. The monoisotopic (exact) mass is 496 g/mol. The van der Waals surface area contributed by atoms with Crippen molar-refractivity contribution in [3.8, 4) is 0 Å². The minimum absolute atomic E-state index is 0.0187. The maximum atomic E-state index is 15.2. The fourth-order valence-electron chi connectivity index (χ4n) is 4.30. The summed E-state index contributed by atoms with van der Waals surface area (Å²) in [6.45, 7) is 2.15. The van der Waals surface area contributed by atoms with Gasteiger partial charge in [-0.2, -0.15) is 0 Å². The molecular weight excluding hydrogens is 462 g/mol. The number of alkyl halides is 2. The first kappa shape index (κ1) is 23.1. The molecule has 1 N–H and O–H groups in total. The average Bonchev–Trinajstić information content (AvgIpc) is 3.20. The third kappa shape index (κ3) is 6.67. The van der Waals surface area contributed by atoms with E-state index in [-0.39, 0.29) is 27.8 Å². The number of rotatable bonds is 11. The first-order valence-corrected chi connectivity index (χ1v) is 11.6. The van der Waals surface area contributed by atoms with E-state index in [1.807, 2.05) is 12.2 Å². The van der Waals surface area contributed by atoms with Gasteiger partial charge in [0.05, 0.1) is 19.3 Å². The molecule has 0 radical (unpaired) electrons. The quantitative estimate of drug-likeness (QED) is 0.147. The van der Waals surface area contributed by atoms with Gasteiger partial charge in [0.25, 0.3) is 0 Å². The molecule has 0 aromatic heterocycles. The van der Waals surface area contributed by atoms with Crippen molar-refractivity contribution in [2.24, 2.45) is 11.8 Å². The smallest absolute Gasteiger partial charge is 0.305 e. The van der Waals surface area contributed by atoms with Crippen molar-refractivity contribution in [1.82, 2.24) is 0 Å². The highest BCUT2D eigenvalue weighted by molar-refractivity contribution is 14.1. The van der Waals surface area contributed by atoms with Gasteiger partial charge in [0.1, 0.15) is 12.3 Å². The Balaban J connectivity index is 1.83. The Hall–Kier alpha value is -0.210. The highest BCUT2D eigenvalue weighted by Crippen LogP contribution is 2.47. The number of carbonyl (C=O) groups is 1. The minimum Gasteiger partial charge on any atom is -0.469 e. The number of aliphatic hydroxyl groups is 1. The van der Waals surface area contributed by atoms with Crippen molar-refractivity contribution in [3.05, 3.63) is 12.2 Å². The summed E-state index contributed by atoms with van der Waals surface area (Å²) in [5.41, 5.74) is 0. The van der Waals surface area contributed by atoms with Crippen LogP contribution < -0.4 is 0 Å². The molecular formula is C21H34FIO4. The number of methoxy groups -OCH3 is 1. The Morgan fingerprint density at radius 1 is 1.33 bits per heavy atom. The number of hydrogen-bond donors (Lipinski definition) is 1. The summed E-state index contributed by atoms with van der Waals surface area (Å²) in [4.78, 5) is 11.2. The maximum Gasteiger partial charge on any atom is 0.305 e. The number of aliphatic hydroxyl groups excluding tert-OH is 1. The summed E-state index contributed by atoms with van der Waals surface area (Å²) in [6.07, 6.45) is 9.75. The second-order valence-electron chi connectivity index (χ2n) is 7.83. The van der Waals surface area contributed by atoms with Gasteiger partial charge >= 0.3 is 5.97 Å². The average molecular weight is 496 g/mol. The second-order valence-corrected chi connectivity index (χ2v) is 9.43. The van der Waals surface area contributed by atoms with E-state index in [0.29, 0.717) is 12.8 Å². The van der Waals surface area contributed by atoms with E-state index in [2.05, 4.69) is 34.3 Å². The second kappa shape index (κ2) is 11.7. The van der Waals surface area contributed by atoms with Gasteiger partial charge in [-0.15, -0.1) is 0 Å². The molecule has 7 atom stereocenters. The maximum absolute atomic E-state index is 15.2. The zero-order chi connectivity index (χ0) is 19.8. The molecule has 1 heterocycles. The summed E-state index contributed by atoms with van der Waals surface area (Å²) >= 11 is 2.26. The van der Waals surface area contributed by atoms with Gasteiger partial charge in [-0.25, -0.2) is 4.39 Å². The SMILES string of the molecule is CCCCC[C@H](O)/C=C/[C@H]1CC[C@@H]2OC(C(I)CCCC(=O)OC)C(F)[C@@H]21. The van der Waals surface area contributed by atoms with E-state index >= 15 is 4.39 Å². The summed E-state index contributed by atoms with van der Waals surface area (Å²) < 4.78 is 25.9. The van der Waals surface area contributed by atoms with E-state index in [4.69, 9.17) is 4.74 Å². The molecule has 0 aromatic rings. The molecule has 1 saturated heterocycles. The first-order valence-electron chi connectivity index (χ1n) is 10.3. The number of hydrogen-bond acceptors (Lipinski definition) is 4. The van der Waals surface area contributed by atoms with Crippen LogP contribution in [0.1, 0.15) is 64.7 Å². The molecule has 156 valence electrons. The van der Waals surface area contributed by atoms with Crippen LogP contribution in [0.25, 0.3) is 0 Å². The van der Waals surface area contributed by atoms with Crippen LogP contribution >= 0.6 is 22.6 Å². The number of ether oxygens (including phenoxy) is 2. The summed E-state index contributed by atoms with van der Waals surface area (Å²) in [5, 5.41) is 10.1. The Labute approximate surface area is 176 Å². The Morgan fingerprint density at radius 3 is 2.81 bits per heavy atom. The minimum atomic E-state index is -0.982. The highest BCUT2D eigenvalue weighted by Gasteiger charge is 2.52. The Bertz CT molecular complexity index is 487. The lowest BCUT2D eigenvalue weighted by Gasteiger charge is -2.22. The zero-order valence-corrected chi connectivity index (χ0v) is 18.6. The standard InChI is InChI=1S/C21H34FIO4/c1-3-4-5-7-15(24)12-10-14-11-13-17-19(14)20(22)21(27-17)16(23)8-6-9-18(25)26-2/h10,12,14-17,19-21,24H,3-9,11,13H2,1-2H3/b12-10+/t14-,15-,16?,17-,19+,20?,21?/m0/s1. The van der Waals surface area contributed by atoms with Gasteiger partial charge < -0.3 is 14.6 Å². The largest absolute Gasteiger partial charge is 0.469 e. The molecule has 6 heteroatoms. The molecule has 2 fully saturated rings. The van der Waals surface area contributed by atoms with Crippen LogP contribution in [-0.4, -0.2) is 46.6 Å². The van der Waals surface area contributed by atoms with Gasteiger partial charge in [0.15, 0.2) is 0 Å². The molecule has 0 spiro atoms. The zero-order valence-electron chi connectivity index (χ0n) is 16.5. The number of fused-ring (bicyclic) bond motifs is 1. The van der Waals surface area contributed by atoms with E-state index in [1.54, 1.807) is 0 Å². The van der Waals surface area contributed by atoms with Crippen molar-refractivity contribution < 1.29 is 23.8 Å². The molecule has 4 nitrogen and oxygen atoms in total. The lowest BCUT2D eigenvalue weighted by molar-refractivity contribution is -0.140. The van der Waals surface area contributed by atoms with Gasteiger partial charge in [-0.1, -0.05) is 60.9 Å². The third-order valence-corrected chi connectivity index (χ3v) is 7.18. The van der Waals surface area contributed by atoms with Crippen molar-refractivity contribution in [3.63, 3.8) is 0 Å². The van der Waals surface area contributed by atoms with Crippen LogP contribution in [0.2, 0.25) is 0 Å².